The molecule has 0 radical (unpaired) electrons. The summed E-state index contributed by atoms with van der Waals surface area (Å²) >= 11 is 1.61. The van der Waals surface area contributed by atoms with Crippen LogP contribution >= 0.6 is 11.3 Å². The van der Waals surface area contributed by atoms with Crippen molar-refractivity contribution in [1.82, 2.24) is 45.1 Å². The molecule has 2 N–H and O–H groups in total. The molecule has 328 valence electrons. The lowest BCUT2D eigenvalue weighted by Crippen LogP contribution is -2.48. The summed E-state index contributed by atoms with van der Waals surface area (Å²) < 4.78 is 8.35. The van der Waals surface area contributed by atoms with Crippen LogP contribution in [0.2, 0.25) is 0 Å². The van der Waals surface area contributed by atoms with Crippen molar-refractivity contribution < 1.29 is 19.2 Å². The number of nitrogens with one attached hydrogen (secondary N) is 1. The lowest BCUT2D eigenvalue weighted by molar-refractivity contribution is -0.141. The van der Waals surface area contributed by atoms with Gasteiger partial charge in [-0.25, -0.2) is 15.0 Å². The van der Waals surface area contributed by atoms with E-state index in [1.807, 2.05) is 69.6 Å². The van der Waals surface area contributed by atoms with E-state index in [9.17, 15) is 14.7 Å². The van der Waals surface area contributed by atoms with Gasteiger partial charge in [-0.15, -0.1) is 21.5 Å². The van der Waals surface area contributed by atoms with Crippen molar-refractivity contribution in [3.8, 4) is 38.7 Å². The highest BCUT2D eigenvalue weighted by Gasteiger charge is 2.41. The van der Waals surface area contributed by atoms with Gasteiger partial charge >= 0.3 is 0 Å². The van der Waals surface area contributed by atoms with Crippen molar-refractivity contribution in [3.63, 3.8) is 0 Å². The van der Waals surface area contributed by atoms with E-state index in [4.69, 9.17) is 14.5 Å². The van der Waals surface area contributed by atoms with Crippen LogP contribution in [0.4, 0.5) is 5.95 Å². The van der Waals surface area contributed by atoms with E-state index in [-0.39, 0.29) is 29.5 Å². The number of amides is 2. The summed E-state index contributed by atoms with van der Waals surface area (Å²) in [5.74, 6) is 0.686. The van der Waals surface area contributed by atoms with Gasteiger partial charge < -0.3 is 29.3 Å². The second-order valence-electron chi connectivity index (χ2n) is 17.9. The lowest BCUT2D eigenvalue weighted by Gasteiger charge is -2.32. The summed E-state index contributed by atoms with van der Waals surface area (Å²) in [7, 11) is 0. The van der Waals surface area contributed by atoms with Gasteiger partial charge in [0, 0.05) is 66.9 Å². The van der Waals surface area contributed by atoms with Gasteiger partial charge in [-0.05, 0) is 93.7 Å². The molecule has 7 aromatic rings. The number of phenols is 1. The summed E-state index contributed by atoms with van der Waals surface area (Å²) in [4.78, 5) is 47.0. The fraction of sp³-hybridized carbons (Fsp3) is 0.388. The summed E-state index contributed by atoms with van der Waals surface area (Å²) in [5, 5.41) is 27.1. The molecule has 0 spiro atoms. The SMILES string of the molecule is Cc1ncsc1-c1ccc([C@H](C)NC(=O)[C@@H]2CCCN2C(=O)[C@H](c2cc(-c3cnc(N4CCC(c5cc6nnc(-c7ccccc7O)cc6n5C5CC5)CC4)nc3)no2)C(C)C)cc1. The first-order valence-corrected chi connectivity index (χ1v) is 23.3. The first kappa shape index (κ1) is 41.5. The van der Waals surface area contributed by atoms with E-state index in [1.54, 1.807) is 34.7 Å². The number of aromatic hydroxyl groups is 1. The van der Waals surface area contributed by atoms with Crippen LogP contribution in [0, 0.1) is 12.8 Å². The van der Waals surface area contributed by atoms with Gasteiger partial charge in [-0.3, -0.25) is 9.59 Å². The van der Waals surface area contributed by atoms with E-state index in [2.05, 4.69) is 59.4 Å². The standard InChI is InChI=1S/C49H52N10O4S/c1-28(2)45(48(62)58-19-7-9-40(58)47(61)53-29(3)31-11-13-33(14-12-31)46-30(4)52-27-64-46)44-24-37(56-63-44)34-25-50-49(51-26-34)57-20-17-32(18-21-57)41-23-39-42(59(41)35-15-16-35)22-38(54-55-39)36-8-5-6-10-43(36)60/h5-6,8,10-14,22-29,32,35,40,45,60H,7,9,15-21H2,1-4H3,(H,53,61)/t29-,40-,45-/m0/s1. The Morgan fingerprint density at radius 3 is 2.33 bits per heavy atom. The Kier molecular flexibility index (Phi) is 11.2. The summed E-state index contributed by atoms with van der Waals surface area (Å²) in [6.07, 6.45) is 9.08. The molecule has 3 fully saturated rings. The molecule has 2 aromatic carbocycles. The molecule has 7 heterocycles. The Labute approximate surface area is 375 Å². The zero-order valence-corrected chi connectivity index (χ0v) is 37.3. The molecular formula is C49H52N10O4S. The number of carbonyl (C=O) groups excluding carboxylic acids is 2. The molecule has 2 saturated heterocycles. The number of rotatable bonds is 12. The summed E-state index contributed by atoms with van der Waals surface area (Å²) in [5.41, 5.74) is 10.8. The number of para-hydroxylation sites is 1. The number of aryl methyl sites for hydroxylation is 1. The molecule has 5 aromatic heterocycles. The van der Waals surface area contributed by atoms with Crippen molar-refractivity contribution >= 4 is 40.1 Å². The normalized spacial score (nSPS) is 17.9. The number of hydrogen-bond donors (Lipinski definition) is 2. The number of likely N-dealkylation sites (tertiary alicyclic amines) is 1. The number of hydrogen-bond acceptors (Lipinski definition) is 12. The number of benzene rings is 2. The van der Waals surface area contributed by atoms with Gasteiger partial charge in [0.2, 0.25) is 17.8 Å². The lowest BCUT2D eigenvalue weighted by atomic mass is 9.91. The summed E-state index contributed by atoms with van der Waals surface area (Å²) in [6, 6.07) is 21.2. The van der Waals surface area contributed by atoms with Crippen molar-refractivity contribution in [2.75, 3.05) is 24.5 Å². The number of anilines is 1. The van der Waals surface area contributed by atoms with Crippen molar-refractivity contribution in [2.45, 2.75) is 96.2 Å². The molecule has 15 heteroatoms. The third-order valence-electron chi connectivity index (χ3n) is 13.2. The Hall–Kier alpha value is -6.48. The Balaban J connectivity index is 0.778. The molecule has 1 aliphatic carbocycles. The van der Waals surface area contributed by atoms with E-state index < -0.39 is 12.0 Å². The minimum absolute atomic E-state index is 0.0986. The maximum atomic E-state index is 14.3. The topological polar surface area (TPSA) is 168 Å². The molecule has 14 nitrogen and oxygen atoms in total. The third kappa shape index (κ3) is 8.01. The molecule has 2 amide bonds. The van der Waals surface area contributed by atoms with Crippen LogP contribution in [0.15, 0.2) is 89.2 Å². The van der Waals surface area contributed by atoms with Crippen LogP contribution in [-0.4, -0.2) is 82.4 Å². The fourth-order valence-corrected chi connectivity index (χ4v) is 10.4. The monoisotopic (exact) mass is 876 g/mol. The Morgan fingerprint density at radius 1 is 0.859 bits per heavy atom. The quantitative estimate of drug-likeness (QED) is 0.120. The number of aromatic nitrogens is 7. The molecule has 1 saturated carbocycles. The molecule has 3 atom stereocenters. The van der Waals surface area contributed by atoms with Crippen LogP contribution in [0.5, 0.6) is 5.75 Å². The van der Waals surface area contributed by atoms with Gasteiger partial charge in [0.1, 0.15) is 34.7 Å². The predicted molar refractivity (Wildman–Crippen MR) is 246 cm³/mol. The minimum Gasteiger partial charge on any atom is -0.507 e. The molecule has 10 rings (SSSR count). The highest BCUT2D eigenvalue weighted by Crippen LogP contribution is 2.44. The van der Waals surface area contributed by atoms with Crippen LogP contribution in [-0.2, 0) is 9.59 Å². The Bertz CT molecular complexity index is 2800. The number of phenolic OH excluding ortho intramolecular Hbond substituents is 1. The fourth-order valence-electron chi connectivity index (χ4n) is 9.59. The van der Waals surface area contributed by atoms with Gasteiger partial charge in [0.15, 0.2) is 0 Å². The van der Waals surface area contributed by atoms with E-state index in [0.29, 0.717) is 59.1 Å². The minimum atomic E-state index is -0.610. The zero-order chi connectivity index (χ0) is 44.1. The molecular weight excluding hydrogens is 825 g/mol. The highest BCUT2D eigenvalue weighted by atomic mass is 32.1. The molecule has 0 unspecified atom stereocenters. The number of thiazole rings is 1. The predicted octanol–water partition coefficient (Wildman–Crippen LogP) is 9.01. The first-order chi connectivity index (χ1) is 31.1. The van der Waals surface area contributed by atoms with E-state index in [0.717, 1.165) is 77.9 Å². The molecule has 64 heavy (non-hydrogen) atoms. The van der Waals surface area contributed by atoms with Crippen molar-refractivity contribution in [3.05, 3.63) is 107 Å². The second-order valence-corrected chi connectivity index (χ2v) is 18.7. The maximum Gasteiger partial charge on any atom is 0.243 e. The highest BCUT2D eigenvalue weighted by molar-refractivity contribution is 7.13. The maximum absolute atomic E-state index is 14.3. The Morgan fingerprint density at radius 2 is 1.62 bits per heavy atom. The van der Waals surface area contributed by atoms with Gasteiger partial charge in [0.25, 0.3) is 0 Å². The van der Waals surface area contributed by atoms with Gasteiger partial charge in [-0.2, -0.15) is 0 Å². The average Bonchev–Trinajstić information content (AvgIpc) is 3.67. The number of carbonyl (C=O) groups is 2. The van der Waals surface area contributed by atoms with E-state index in [1.165, 1.54) is 5.69 Å². The van der Waals surface area contributed by atoms with Crippen molar-refractivity contribution in [1.29, 1.82) is 0 Å². The second kappa shape index (κ2) is 17.2. The molecule has 3 aliphatic rings. The molecule has 0 bridgehead atoms. The van der Waals surface area contributed by atoms with Gasteiger partial charge in [-0.1, -0.05) is 55.4 Å². The van der Waals surface area contributed by atoms with Crippen LogP contribution in [0.1, 0.15) is 106 Å². The largest absolute Gasteiger partial charge is 0.507 e. The van der Waals surface area contributed by atoms with Gasteiger partial charge in [0.05, 0.1) is 33.3 Å². The van der Waals surface area contributed by atoms with Crippen LogP contribution in [0.25, 0.3) is 44.0 Å². The number of fused-ring (bicyclic) bond motifs is 1. The zero-order valence-electron chi connectivity index (χ0n) is 36.5. The van der Waals surface area contributed by atoms with Crippen LogP contribution in [0.3, 0.4) is 0 Å². The summed E-state index contributed by atoms with van der Waals surface area (Å²) in [6.45, 7) is 10.1. The van der Waals surface area contributed by atoms with Crippen LogP contribution < -0.4 is 10.2 Å². The number of nitrogens with zero attached hydrogens (tertiary/aromatic N) is 9. The third-order valence-corrected chi connectivity index (χ3v) is 14.2. The van der Waals surface area contributed by atoms with Crippen molar-refractivity contribution in [2.24, 2.45) is 5.92 Å². The first-order valence-electron chi connectivity index (χ1n) is 22.4. The molecule has 2 aliphatic heterocycles. The van der Waals surface area contributed by atoms with E-state index >= 15 is 0 Å². The average molecular weight is 877 g/mol. The number of piperidine rings is 1. The smallest absolute Gasteiger partial charge is 0.243 e.